The average molecular weight is 324 g/mol. The van der Waals surface area contributed by atoms with Crippen molar-refractivity contribution in [2.24, 2.45) is 0 Å². The van der Waals surface area contributed by atoms with Gasteiger partial charge < -0.3 is 10.2 Å². The lowest BCUT2D eigenvalue weighted by molar-refractivity contribution is 0.0697. The quantitative estimate of drug-likeness (QED) is 0.860. The summed E-state index contributed by atoms with van der Waals surface area (Å²) < 4.78 is 0. The van der Waals surface area contributed by atoms with Crippen LogP contribution in [0.25, 0.3) is 0 Å². The minimum atomic E-state index is -0.0352. The van der Waals surface area contributed by atoms with Crippen molar-refractivity contribution in [1.29, 1.82) is 0 Å². The van der Waals surface area contributed by atoms with E-state index in [0.717, 1.165) is 24.1 Å². The maximum absolute atomic E-state index is 12.5. The van der Waals surface area contributed by atoms with E-state index in [-0.39, 0.29) is 18.2 Å². The van der Waals surface area contributed by atoms with Gasteiger partial charge in [0.2, 0.25) is 0 Å². The molecule has 2 atom stereocenters. The van der Waals surface area contributed by atoms with Gasteiger partial charge in [0, 0.05) is 12.9 Å². The highest BCUT2D eigenvalue weighted by Gasteiger charge is 2.26. The minimum Gasteiger partial charge on any atom is -0.331 e. The van der Waals surface area contributed by atoms with Crippen molar-refractivity contribution in [2.45, 2.75) is 44.3 Å². The number of benzene rings is 1. The van der Waals surface area contributed by atoms with Crippen LogP contribution in [0.5, 0.6) is 0 Å². The van der Waals surface area contributed by atoms with Crippen LogP contribution in [0.3, 0.4) is 0 Å². The predicted molar refractivity (Wildman–Crippen MR) is 91.0 cm³/mol. The monoisotopic (exact) mass is 323 g/mol. The second-order valence-corrected chi connectivity index (χ2v) is 6.39. The third-order valence-corrected chi connectivity index (χ3v) is 4.75. The molecule has 4 nitrogen and oxygen atoms in total. The lowest BCUT2D eigenvalue weighted by Crippen LogP contribution is -2.52. The van der Waals surface area contributed by atoms with Gasteiger partial charge in [-0.3, -0.25) is 4.90 Å². The Morgan fingerprint density at radius 3 is 2.95 bits per heavy atom. The van der Waals surface area contributed by atoms with Crippen molar-refractivity contribution >= 4 is 17.6 Å². The number of carbonyl (C=O) groups is 1. The van der Waals surface area contributed by atoms with Gasteiger partial charge in [-0.1, -0.05) is 24.3 Å². The Morgan fingerprint density at radius 1 is 1.50 bits per heavy atom. The summed E-state index contributed by atoms with van der Waals surface area (Å²) >= 11 is 5.88. The highest BCUT2D eigenvalue weighted by atomic mass is 35.5. The molecule has 0 aliphatic carbocycles. The molecule has 1 heterocycles. The summed E-state index contributed by atoms with van der Waals surface area (Å²) in [6, 6.07) is 7.98. The molecule has 1 saturated heterocycles. The number of nitrogens with zero attached hydrogens (tertiary/aromatic N) is 2. The van der Waals surface area contributed by atoms with Crippen molar-refractivity contribution in [3.05, 3.63) is 35.4 Å². The summed E-state index contributed by atoms with van der Waals surface area (Å²) in [6.45, 7) is 3.05. The number of hydrogen-bond donors (Lipinski definition) is 1. The molecule has 0 aromatic heterocycles. The van der Waals surface area contributed by atoms with Crippen molar-refractivity contribution in [3.8, 4) is 0 Å². The van der Waals surface area contributed by atoms with Gasteiger partial charge in [0.15, 0.2) is 0 Å². The highest BCUT2D eigenvalue weighted by molar-refractivity contribution is 6.17. The lowest BCUT2D eigenvalue weighted by atomic mass is 10.1. The van der Waals surface area contributed by atoms with Crippen molar-refractivity contribution in [1.82, 2.24) is 15.1 Å². The second kappa shape index (κ2) is 7.84. The van der Waals surface area contributed by atoms with Gasteiger partial charge in [-0.15, -0.1) is 11.6 Å². The molecule has 2 amide bonds. The second-order valence-electron chi connectivity index (χ2n) is 6.12. The van der Waals surface area contributed by atoms with E-state index < -0.39 is 0 Å². The number of likely N-dealkylation sites (tertiary alicyclic amines) is 1. The number of amides is 2. The lowest BCUT2D eigenvalue weighted by Gasteiger charge is -2.39. The van der Waals surface area contributed by atoms with Crippen LogP contribution in [0.2, 0.25) is 0 Å². The predicted octanol–water partition coefficient (Wildman–Crippen LogP) is 3.57. The third-order valence-electron chi connectivity index (χ3n) is 4.44. The van der Waals surface area contributed by atoms with E-state index in [0.29, 0.717) is 5.88 Å². The molecule has 2 unspecified atom stereocenters. The first-order valence-corrected chi connectivity index (χ1v) is 8.44. The zero-order valence-corrected chi connectivity index (χ0v) is 14.4. The zero-order valence-electron chi connectivity index (χ0n) is 13.7. The first-order chi connectivity index (χ1) is 10.5. The van der Waals surface area contributed by atoms with Gasteiger partial charge in [0.25, 0.3) is 0 Å². The van der Waals surface area contributed by atoms with Crippen LogP contribution < -0.4 is 5.32 Å². The molecule has 122 valence electrons. The van der Waals surface area contributed by atoms with Gasteiger partial charge in [-0.2, -0.15) is 0 Å². The van der Waals surface area contributed by atoms with Gasteiger partial charge >= 0.3 is 6.03 Å². The molecule has 22 heavy (non-hydrogen) atoms. The molecule has 0 radical (unpaired) electrons. The van der Waals surface area contributed by atoms with Crippen LogP contribution in [0.1, 0.15) is 43.4 Å². The molecule has 1 aromatic rings. The molecule has 0 bridgehead atoms. The molecule has 0 saturated carbocycles. The molecule has 0 spiro atoms. The maximum Gasteiger partial charge on any atom is 0.318 e. The number of hydrogen-bond acceptors (Lipinski definition) is 2. The number of rotatable bonds is 4. The van der Waals surface area contributed by atoms with Crippen molar-refractivity contribution < 1.29 is 4.79 Å². The van der Waals surface area contributed by atoms with Gasteiger partial charge in [-0.05, 0) is 50.9 Å². The van der Waals surface area contributed by atoms with E-state index >= 15 is 0 Å². The zero-order chi connectivity index (χ0) is 16.1. The molecular weight excluding hydrogens is 298 g/mol. The first-order valence-electron chi connectivity index (χ1n) is 7.91. The minimum absolute atomic E-state index is 0.0254. The Morgan fingerprint density at radius 2 is 2.27 bits per heavy atom. The van der Waals surface area contributed by atoms with E-state index in [1.165, 1.54) is 12.8 Å². The summed E-state index contributed by atoms with van der Waals surface area (Å²) in [5.74, 6) is 0.487. The van der Waals surface area contributed by atoms with Crippen LogP contribution in [-0.4, -0.2) is 42.6 Å². The maximum atomic E-state index is 12.5. The summed E-state index contributed by atoms with van der Waals surface area (Å²) in [5.41, 5.74) is 2.15. The van der Waals surface area contributed by atoms with Gasteiger partial charge in [0.05, 0.1) is 12.2 Å². The fraction of sp³-hybridized carbons (Fsp3) is 0.588. The summed E-state index contributed by atoms with van der Waals surface area (Å²) in [6.07, 6.45) is 3.62. The SMILES string of the molecule is CC(NC(=O)N(C)C1CCCCN1C)c1cccc(CCl)c1. The van der Waals surface area contributed by atoms with E-state index in [2.05, 4.69) is 17.3 Å². The number of halogens is 1. The van der Waals surface area contributed by atoms with Crippen LogP contribution in [0.4, 0.5) is 4.79 Å². The fourth-order valence-electron chi connectivity index (χ4n) is 3.00. The standard InChI is InChI=1S/C17H26ClN3O/c1-13(15-8-6-7-14(11-15)12-18)19-17(22)21(3)16-9-4-5-10-20(16)2/h6-8,11,13,16H,4-5,9-10,12H2,1-3H3,(H,19,22). The molecule has 1 aliphatic heterocycles. The molecule has 1 N–H and O–H groups in total. The Kier molecular flexibility index (Phi) is 6.09. The number of piperidine rings is 1. The molecule has 1 fully saturated rings. The average Bonchev–Trinajstić information content (AvgIpc) is 2.54. The molecule has 1 aromatic carbocycles. The molecule has 2 rings (SSSR count). The summed E-state index contributed by atoms with van der Waals surface area (Å²) in [7, 11) is 3.96. The Labute approximate surface area is 138 Å². The normalized spacial score (nSPS) is 20.5. The Hall–Kier alpha value is -1.26. The van der Waals surface area contributed by atoms with E-state index in [1.807, 2.05) is 43.1 Å². The summed E-state index contributed by atoms with van der Waals surface area (Å²) in [4.78, 5) is 16.6. The Balaban J connectivity index is 1.97. The Bertz CT molecular complexity index is 508. The van der Waals surface area contributed by atoms with Crippen LogP contribution in [0, 0.1) is 0 Å². The summed E-state index contributed by atoms with van der Waals surface area (Å²) in [5, 5.41) is 3.08. The molecule has 1 aliphatic rings. The fourth-order valence-corrected chi connectivity index (χ4v) is 3.16. The van der Waals surface area contributed by atoms with Crippen LogP contribution in [-0.2, 0) is 5.88 Å². The topological polar surface area (TPSA) is 35.6 Å². The number of carbonyl (C=O) groups excluding carboxylic acids is 1. The highest BCUT2D eigenvalue weighted by Crippen LogP contribution is 2.19. The smallest absolute Gasteiger partial charge is 0.318 e. The number of urea groups is 1. The number of alkyl halides is 1. The molecular formula is C17H26ClN3O. The van der Waals surface area contributed by atoms with Crippen molar-refractivity contribution in [3.63, 3.8) is 0 Å². The molecule has 5 heteroatoms. The van der Waals surface area contributed by atoms with Gasteiger partial charge in [0.1, 0.15) is 0 Å². The number of nitrogens with one attached hydrogen (secondary N) is 1. The van der Waals surface area contributed by atoms with Crippen LogP contribution in [0.15, 0.2) is 24.3 Å². The third kappa shape index (κ3) is 4.14. The van der Waals surface area contributed by atoms with Crippen molar-refractivity contribution in [2.75, 3.05) is 20.6 Å². The first kappa shape index (κ1) is 17.1. The van der Waals surface area contributed by atoms with Crippen LogP contribution >= 0.6 is 11.6 Å². The van der Waals surface area contributed by atoms with E-state index in [4.69, 9.17) is 11.6 Å². The van der Waals surface area contributed by atoms with Gasteiger partial charge in [-0.25, -0.2) is 4.79 Å². The van der Waals surface area contributed by atoms with E-state index in [9.17, 15) is 4.79 Å². The van der Waals surface area contributed by atoms with E-state index in [1.54, 1.807) is 0 Å². The largest absolute Gasteiger partial charge is 0.331 e.